The molecule has 0 saturated heterocycles. The van der Waals surface area contributed by atoms with E-state index in [1.165, 1.54) is 0 Å². The molecule has 0 aliphatic heterocycles. The van der Waals surface area contributed by atoms with Crippen molar-refractivity contribution >= 4 is 28.5 Å². The summed E-state index contributed by atoms with van der Waals surface area (Å²) in [5, 5.41) is 13.5. The number of hydrogen-bond acceptors (Lipinski definition) is 3. The van der Waals surface area contributed by atoms with E-state index in [1.54, 1.807) is 0 Å². The van der Waals surface area contributed by atoms with Gasteiger partial charge in [0.25, 0.3) is 0 Å². The largest absolute Gasteiger partial charge is 0.383 e. The van der Waals surface area contributed by atoms with Crippen LogP contribution < -0.4 is 5.73 Å². The van der Waals surface area contributed by atoms with Crippen molar-refractivity contribution in [2.45, 2.75) is 26.8 Å². The zero-order chi connectivity index (χ0) is 15.0. The zero-order valence-corrected chi connectivity index (χ0v) is 12.9. The molecule has 0 aliphatic carbocycles. The van der Waals surface area contributed by atoms with Gasteiger partial charge in [-0.2, -0.15) is 10.2 Å². The summed E-state index contributed by atoms with van der Waals surface area (Å²) in [7, 11) is 0. The number of nitrogens with zero attached hydrogens (tertiary/aromatic N) is 3. The van der Waals surface area contributed by atoms with Crippen molar-refractivity contribution in [3.63, 3.8) is 0 Å². The lowest BCUT2D eigenvalue weighted by atomic mass is 10.1. The molecule has 6 heteroatoms. The Morgan fingerprint density at radius 2 is 2.19 bits per heavy atom. The molecule has 1 aromatic carbocycles. The molecule has 5 nitrogen and oxygen atoms in total. The lowest BCUT2D eigenvalue weighted by Crippen LogP contribution is -2.04. The van der Waals surface area contributed by atoms with Crippen LogP contribution in [-0.2, 0) is 13.0 Å². The molecular weight excluding hydrogens is 286 g/mol. The van der Waals surface area contributed by atoms with Crippen molar-refractivity contribution in [1.82, 2.24) is 20.0 Å². The van der Waals surface area contributed by atoms with E-state index in [-0.39, 0.29) is 0 Å². The van der Waals surface area contributed by atoms with Crippen LogP contribution in [0.3, 0.4) is 0 Å². The highest BCUT2D eigenvalue weighted by Gasteiger charge is 2.17. The predicted molar refractivity (Wildman–Crippen MR) is 85.4 cm³/mol. The summed E-state index contributed by atoms with van der Waals surface area (Å²) >= 11 is 6.04. The number of nitrogens with two attached hydrogens (primary N) is 1. The molecule has 0 saturated carbocycles. The molecule has 0 aliphatic rings. The minimum atomic E-state index is 0.511. The van der Waals surface area contributed by atoms with Crippen LogP contribution in [0.5, 0.6) is 0 Å². The van der Waals surface area contributed by atoms with Crippen molar-refractivity contribution in [2.24, 2.45) is 5.92 Å². The van der Waals surface area contributed by atoms with Gasteiger partial charge in [0.15, 0.2) is 5.65 Å². The number of nitrogen functional groups attached to an aromatic ring is 1. The maximum absolute atomic E-state index is 6.04. The van der Waals surface area contributed by atoms with Gasteiger partial charge in [-0.05, 0) is 30.0 Å². The van der Waals surface area contributed by atoms with E-state index in [0.717, 1.165) is 33.7 Å². The number of nitrogens with one attached hydrogen (secondary N) is 1. The molecule has 2 aromatic heterocycles. The fourth-order valence-corrected chi connectivity index (χ4v) is 2.72. The zero-order valence-electron chi connectivity index (χ0n) is 12.1. The van der Waals surface area contributed by atoms with Crippen LogP contribution in [0.25, 0.3) is 11.0 Å². The molecule has 0 unspecified atom stereocenters. The van der Waals surface area contributed by atoms with Crippen molar-refractivity contribution in [1.29, 1.82) is 0 Å². The van der Waals surface area contributed by atoms with E-state index in [1.807, 2.05) is 28.9 Å². The predicted octanol–water partition coefficient (Wildman–Crippen LogP) is 3.24. The SMILES string of the molecule is CC(C)Cc1nn(Cc2cccc(Cl)c2)c2n[nH]c(N)c12. The number of hydrogen-bond donors (Lipinski definition) is 2. The quantitative estimate of drug-likeness (QED) is 0.777. The Morgan fingerprint density at radius 1 is 1.38 bits per heavy atom. The van der Waals surface area contributed by atoms with Crippen molar-refractivity contribution < 1.29 is 0 Å². The molecule has 0 spiro atoms. The summed E-state index contributed by atoms with van der Waals surface area (Å²) in [5.74, 6) is 1.09. The number of benzene rings is 1. The van der Waals surface area contributed by atoms with Crippen molar-refractivity contribution in [3.05, 3.63) is 40.5 Å². The number of halogens is 1. The van der Waals surface area contributed by atoms with Gasteiger partial charge in [-0.1, -0.05) is 37.6 Å². The van der Waals surface area contributed by atoms with Gasteiger partial charge in [-0.3, -0.25) is 5.10 Å². The molecular formula is C15H18ClN5. The average Bonchev–Trinajstić information content (AvgIpc) is 2.92. The fraction of sp³-hybridized carbons (Fsp3) is 0.333. The number of H-pyrrole nitrogens is 1. The topological polar surface area (TPSA) is 72.5 Å². The van der Waals surface area contributed by atoms with Crippen LogP contribution in [0.15, 0.2) is 24.3 Å². The van der Waals surface area contributed by atoms with Crippen LogP contribution in [0.1, 0.15) is 25.1 Å². The number of aromatic nitrogens is 4. The van der Waals surface area contributed by atoms with E-state index in [0.29, 0.717) is 18.3 Å². The maximum Gasteiger partial charge on any atom is 0.182 e. The van der Waals surface area contributed by atoms with Gasteiger partial charge in [0.2, 0.25) is 0 Å². The normalized spacial score (nSPS) is 11.6. The maximum atomic E-state index is 6.04. The van der Waals surface area contributed by atoms with Gasteiger partial charge in [-0.25, -0.2) is 4.68 Å². The minimum Gasteiger partial charge on any atom is -0.383 e. The lowest BCUT2D eigenvalue weighted by Gasteiger charge is -2.04. The summed E-state index contributed by atoms with van der Waals surface area (Å²) in [6.45, 7) is 4.95. The van der Waals surface area contributed by atoms with E-state index in [4.69, 9.17) is 17.3 Å². The third-order valence-electron chi connectivity index (χ3n) is 3.37. The van der Waals surface area contributed by atoms with Crippen LogP contribution in [0.4, 0.5) is 5.82 Å². The van der Waals surface area contributed by atoms with Crippen LogP contribution in [0, 0.1) is 5.92 Å². The van der Waals surface area contributed by atoms with E-state index >= 15 is 0 Å². The van der Waals surface area contributed by atoms with E-state index < -0.39 is 0 Å². The number of anilines is 1. The average molecular weight is 304 g/mol. The number of aromatic amines is 1. The summed E-state index contributed by atoms with van der Waals surface area (Å²) < 4.78 is 1.88. The third-order valence-corrected chi connectivity index (χ3v) is 3.61. The Balaban J connectivity index is 2.02. The first-order valence-electron chi connectivity index (χ1n) is 6.98. The standard InChI is InChI=1S/C15H18ClN5/c1-9(2)6-12-13-14(17)18-19-15(13)21(20-12)8-10-4-3-5-11(16)7-10/h3-5,7,9H,6,8H2,1-2H3,(H3,17,18,19). The van der Waals surface area contributed by atoms with Crippen molar-refractivity contribution in [2.75, 3.05) is 5.73 Å². The molecule has 3 aromatic rings. The molecule has 2 heterocycles. The molecule has 0 amide bonds. The first-order chi connectivity index (χ1) is 10.0. The van der Waals surface area contributed by atoms with Gasteiger partial charge in [0.1, 0.15) is 5.82 Å². The molecule has 0 atom stereocenters. The first-order valence-corrected chi connectivity index (χ1v) is 7.36. The summed E-state index contributed by atoms with van der Waals surface area (Å²) in [6.07, 6.45) is 0.878. The highest BCUT2D eigenvalue weighted by atomic mass is 35.5. The highest BCUT2D eigenvalue weighted by Crippen LogP contribution is 2.25. The molecule has 0 radical (unpaired) electrons. The second-order valence-electron chi connectivity index (χ2n) is 5.67. The monoisotopic (exact) mass is 303 g/mol. The van der Waals surface area contributed by atoms with E-state index in [2.05, 4.69) is 29.1 Å². The number of rotatable bonds is 4. The lowest BCUT2D eigenvalue weighted by molar-refractivity contribution is 0.611. The highest BCUT2D eigenvalue weighted by molar-refractivity contribution is 6.30. The molecule has 3 N–H and O–H groups in total. The van der Waals surface area contributed by atoms with Crippen LogP contribution in [-0.4, -0.2) is 20.0 Å². The molecule has 110 valence electrons. The second-order valence-corrected chi connectivity index (χ2v) is 6.10. The summed E-state index contributed by atoms with van der Waals surface area (Å²) in [4.78, 5) is 0. The van der Waals surface area contributed by atoms with Crippen LogP contribution in [0.2, 0.25) is 5.02 Å². The Morgan fingerprint density at radius 3 is 2.90 bits per heavy atom. The Labute approximate surface area is 128 Å². The molecule has 3 rings (SSSR count). The van der Waals surface area contributed by atoms with Gasteiger partial charge < -0.3 is 5.73 Å². The third kappa shape index (κ3) is 2.74. The van der Waals surface area contributed by atoms with E-state index in [9.17, 15) is 0 Å². The molecule has 21 heavy (non-hydrogen) atoms. The van der Waals surface area contributed by atoms with Crippen molar-refractivity contribution in [3.8, 4) is 0 Å². The summed E-state index contributed by atoms with van der Waals surface area (Å²) in [6, 6.07) is 7.76. The smallest absolute Gasteiger partial charge is 0.182 e. The molecule has 0 bridgehead atoms. The van der Waals surface area contributed by atoms with Gasteiger partial charge in [0, 0.05) is 5.02 Å². The first kappa shape index (κ1) is 13.9. The fourth-order valence-electron chi connectivity index (χ4n) is 2.51. The van der Waals surface area contributed by atoms with Crippen LogP contribution >= 0.6 is 11.6 Å². The van der Waals surface area contributed by atoms with Gasteiger partial charge >= 0.3 is 0 Å². The minimum absolute atomic E-state index is 0.511. The Kier molecular flexibility index (Phi) is 3.59. The van der Waals surface area contributed by atoms with Gasteiger partial charge in [-0.15, -0.1) is 0 Å². The van der Waals surface area contributed by atoms with Gasteiger partial charge in [0.05, 0.1) is 17.6 Å². The molecule has 0 fully saturated rings. The summed E-state index contributed by atoms with van der Waals surface area (Å²) in [5.41, 5.74) is 8.87. The Hall–Kier alpha value is -2.01. The second kappa shape index (κ2) is 5.41. The Bertz CT molecular complexity index is 772. The number of fused-ring (bicyclic) bond motifs is 1.